The first-order valence-corrected chi connectivity index (χ1v) is 40.6. The van der Waals surface area contributed by atoms with Crippen molar-refractivity contribution < 1.29 is 76.7 Å². The molecule has 3 fully saturated rings. The van der Waals surface area contributed by atoms with Gasteiger partial charge >= 0.3 is 0 Å². The van der Waals surface area contributed by atoms with Gasteiger partial charge < -0.3 is 52.3 Å². The first-order chi connectivity index (χ1) is 50.6. The Bertz CT molecular complexity index is 2970. The first-order valence-electron chi connectivity index (χ1n) is 40.6. The predicted molar refractivity (Wildman–Crippen MR) is 409 cm³/mol. The SMILES string of the molecule is CCCCCCCCCCCCCCCCCC(=O)CC(C(=O)N1CCCC1C(=O)NCC(=O)CC(C(=O)NCC(=O)CC(C(=O)N1CCCC1C(=O)NCC(=O)CC(C(=O)NCC(=O)CC(C(=O)N1CCCC1C(=O)NCC(=O)CC(C(=O)NCC(N)=O)C(C)C)C(C)C)C(C)C)C(C)C)C(C)C)C(C)C. The Labute approximate surface area is 637 Å². The highest BCUT2D eigenvalue weighted by Gasteiger charge is 2.43. The van der Waals surface area contributed by atoms with E-state index in [0.717, 1.165) is 19.3 Å². The number of primary amides is 1. The van der Waals surface area contributed by atoms with Crippen molar-refractivity contribution in [3.63, 3.8) is 0 Å². The number of carbonyl (C=O) groups is 16. The third-order valence-corrected chi connectivity index (χ3v) is 21.8. The molecule has 3 aliphatic heterocycles. The molecule has 0 aliphatic carbocycles. The van der Waals surface area contributed by atoms with E-state index in [1.54, 1.807) is 74.1 Å². The lowest BCUT2D eigenvalue weighted by molar-refractivity contribution is -0.144. The van der Waals surface area contributed by atoms with Crippen molar-refractivity contribution in [2.75, 3.05) is 58.9 Å². The molecule has 107 heavy (non-hydrogen) atoms. The minimum atomic E-state index is -0.952. The molecule has 26 heteroatoms. The molecular formula is C81H136N10O16. The Kier molecular flexibility index (Phi) is 43.6. The Balaban J connectivity index is 1.45. The fourth-order valence-electron chi connectivity index (χ4n) is 14.7. The van der Waals surface area contributed by atoms with Gasteiger partial charge in [0.25, 0.3) is 0 Å². The van der Waals surface area contributed by atoms with Gasteiger partial charge in [-0.05, 0) is 80.5 Å². The molecule has 10 amide bonds. The van der Waals surface area contributed by atoms with Crippen LogP contribution in [-0.2, 0) is 76.7 Å². The van der Waals surface area contributed by atoms with E-state index < -0.39 is 162 Å². The Morgan fingerprint density at radius 3 is 0.776 bits per heavy atom. The molecule has 0 saturated carbocycles. The lowest BCUT2D eigenvalue weighted by Gasteiger charge is -2.30. The van der Waals surface area contributed by atoms with E-state index in [9.17, 15) is 76.7 Å². The van der Waals surface area contributed by atoms with Crippen molar-refractivity contribution in [2.45, 2.75) is 288 Å². The van der Waals surface area contributed by atoms with Crippen LogP contribution in [0, 0.1) is 71.0 Å². The quantitative estimate of drug-likeness (QED) is 0.0286. The van der Waals surface area contributed by atoms with E-state index >= 15 is 0 Å². The van der Waals surface area contributed by atoms with Gasteiger partial charge in [0.15, 0.2) is 28.9 Å². The number of rotatable bonds is 55. The zero-order chi connectivity index (χ0) is 80.0. The van der Waals surface area contributed by atoms with E-state index in [2.05, 4.69) is 38.8 Å². The molecule has 0 radical (unpaired) electrons. The average Bonchev–Trinajstić information content (AvgIpc) is 1.74. The number of ketones is 6. The average molecular weight is 1510 g/mol. The summed E-state index contributed by atoms with van der Waals surface area (Å²) in [6.07, 6.45) is 20.4. The molecular weight excluding hydrogens is 1370 g/mol. The summed E-state index contributed by atoms with van der Waals surface area (Å²) in [5.74, 6) is -14.0. The zero-order valence-corrected chi connectivity index (χ0v) is 67.3. The summed E-state index contributed by atoms with van der Waals surface area (Å²) in [5.41, 5.74) is 5.14. The Morgan fingerprint density at radius 1 is 0.299 bits per heavy atom. The maximum Gasteiger partial charge on any atom is 0.243 e. The van der Waals surface area contributed by atoms with Crippen LogP contribution in [0.25, 0.3) is 0 Å². The van der Waals surface area contributed by atoms with Crippen molar-refractivity contribution in [1.82, 2.24) is 46.6 Å². The van der Waals surface area contributed by atoms with Gasteiger partial charge in [-0.3, -0.25) is 76.7 Å². The van der Waals surface area contributed by atoms with Crippen molar-refractivity contribution >= 4 is 93.8 Å². The Hall–Kier alpha value is -7.28. The van der Waals surface area contributed by atoms with E-state index in [1.807, 2.05) is 13.8 Å². The van der Waals surface area contributed by atoms with Gasteiger partial charge in [-0.2, -0.15) is 0 Å². The number of hydrogen-bond donors (Lipinski definition) is 7. The van der Waals surface area contributed by atoms with Crippen LogP contribution in [0.15, 0.2) is 0 Å². The predicted octanol–water partition coefficient (Wildman–Crippen LogP) is 7.79. The van der Waals surface area contributed by atoms with Crippen LogP contribution in [0.1, 0.15) is 270 Å². The lowest BCUT2D eigenvalue weighted by atomic mass is 9.88. The monoisotopic (exact) mass is 1510 g/mol. The van der Waals surface area contributed by atoms with Crippen LogP contribution in [0.2, 0.25) is 0 Å². The second-order valence-corrected chi connectivity index (χ2v) is 32.6. The van der Waals surface area contributed by atoms with Crippen LogP contribution in [0.4, 0.5) is 0 Å². The number of unbranched alkanes of at least 4 members (excludes halogenated alkanes) is 14. The highest BCUT2D eigenvalue weighted by molar-refractivity contribution is 5.99. The minimum Gasteiger partial charge on any atom is -0.368 e. The molecule has 0 aromatic carbocycles. The standard InChI is InChI=1S/C81H136N10O16/c1-14-15-16-17-18-19-20-21-22-23-24-25-26-27-28-32-57(92)39-66(54(8)9)79(105)89-36-29-33-69(89)76(102)85-47-58(93)40-63(51(2)3)73(99)83-45-61(96)43-67(55(10)11)80(106)90-37-30-34-70(90)77(103)86-48-59(94)41-64(52(4)5)74(100)84-46-62(97)44-68(56(12)13)81(107)91-38-31-35-71(91)78(104)87-49-60(95)42-65(53(6)7)75(101)88-50-72(82)98/h51-56,63-71H,14-50H2,1-13H3,(H2,82,98)(H,83,99)(H,84,100)(H,85,102)(H,86,103)(H,87,104)(H,88,101). The molecule has 0 bridgehead atoms. The van der Waals surface area contributed by atoms with Gasteiger partial charge in [0.1, 0.15) is 23.9 Å². The highest BCUT2D eigenvalue weighted by atomic mass is 16.2. The van der Waals surface area contributed by atoms with E-state index in [-0.39, 0.29) is 118 Å². The van der Waals surface area contributed by atoms with Crippen LogP contribution in [0.5, 0.6) is 0 Å². The highest BCUT2D eigenvalue weighted by Crippen LogP contribution is 2.31. The van der Waals surface area contributed by atoms with Gasteiger partial charge in [0.05, 0.1) is 39.3 Å². The molecule has 0 aromatic heterocycles. The second-order valence-electron chi connectivity index (χ2n) is 32.6. The number of carbonyl (C=O) groups excluding carboxylic acids is 16. The molecule has 0 aromatic rings. The maximum absolute atomic E-state index is 14.2. The van der Waals surface area contributed by atoms with Crippen molar-refractivity contribution in [3.8, 4) is 0 Å². The van der Waals surface area contributed by atoms with Gasteiger partial charge in [-0.25, -0.2) is 0 Å². The van der Waals surface area contributed by atoms with Gasteiger partial charge in [-0.15, -0.1) is 0 Å². The summed E-state index contributed by atoms with van der Waals surface area (Å²) in [5, 5.41) is 15.6. The molecule has 3 saturated heterocycles. The fourth-order valence-corrected chi connectivity index (χ4v) is 14.7. The number of hydrogen-bond acceptors (Lipinski definition) is 16. The molecule has 9 unspecified atom stereocenters. The number of nitrogens with one attached hydrogen (secondary N) is 6. The van der Waals surface area contributed by atoms with Crippen LogP contribution in [0.3, 0.4) is 0 Å². The molecule has 0 spiro atoms. The minimum absolute atomic E-state index is 0.0516. The molecule has 3 aliphatic rings. The van der Waals surface area contributed by atoms with Crippen molar-refractivity contribution in [2.24, 2.45) is 76.7 Å². The lowest BCUT2D eigenvalue weighted by Crippen LogP contribution is -2.50. The normalized spacial score (nSPS) is 17.6. The molecule has 8 N–H and O–H groups in total. The maximum atomic E-state index is 14.2. The van der Waals surface area contributed by atoms with E-state index in [1.165, 1.54) is 86.8 Å². The van der Waals surface area contributed by atoms with Crippen LogP contribution >= 0.6 is 0 Å². The third kappa shape index (κ3) is 33.6. The zero-order valence-electron chi connectivity index (χ0n) is 67.3. The summed E-state index contributed by atoms with van der Waals surface area (Å²) >= 11 is 0. The largest absolute Gasteiger partial charge is 0.368 e. The number of amides is 10. The molecule has 3 heterocycles. The summed E-state index contributed by atoms with van der Waals surface area (Å²) in [6, 6.07) is -2.66. The van der Waals surface area contributed by atoms with E-state index in [0.29, 0.717) is 45.1 Å². The van der Waals surface area contributed by atoms with E-state index in [4.69, 9.17) is 5.73 Å². The van der Waals surface area contributed by atoms with Gasteiger partial charge in [0, 0.05) is 100 Å². The number of Topliss-reactive ketones (excluding diaryl/α,β-unsaturated/α-hetero) is 6. The summed E-state index contributed by atoms with van der Waals surface area (Å²) in [6.45, 7) is 21.9. The molecule has 9 atom stereocenters. The fraction of sp³-hybridized carbons (Fsp3) is 0.802. The molecule has 3 rings (SSSR count). The number of likely N-dealkylation sites (tertiary alicyclic amines) is 3. The summed E-state index contributed by atoms with van der Waals surface area (Å²) in [4.78, 5) is 219. The number of nitrogens with zero attached hydrogens (tertiary/aromatic N) is 3. The van der Waals surface area contributed by atoms with Crippen molar-refractivity contribution in [1.29, 1.82) is 0 Å². The topological polar surface area (TPSA) is 381 Å². The van der Waals surface area contributed by atoms with Crippen molar-refractivity contribution in [3.05, 3.63) is 0 Å². The van der Waals surface area contributed by atoms with Crippen LogP contribution < -0.4 is 37.6 Å². The molecule has 26 nitrogen and oxygen atoms in total. The Morgan fingerprint density at radius 2 is 0.523 bits per heavy atom. The summed E-state index contributed by atoms with van der Waals surface area (Å²) in [7, 11) is 0. The first kappa shape index (κ1) is 93.9. The second kappa shape index (κ2) is 49.7. The third-order valence-electron chi connectivity index (χ3n) is 21.8. The smallest absolute Gasteiger partial charge is 0.243 e. The van der Waals surface area contributed by atoms with Gasteiger partial charge in [0.2, 0.25) is 59.1 Å². The number of nitrogens with two attached hydrogens (primary N) is 1. The summed E-state index contributed by atoms with van der Waals surface area (Å²) < 4.78 is 0. The van der Waals surface area contributed by atoms with Crippen LogP contribution in [-0.4, -0.2) is 185 Å². The van der Waals surface area contributed by atoms with Gasteiger partial charge in [-0.1, -0.05) is 180 Å². The molecule has 606 valence electrons.